The zero-order valence-electron chi connectivity index (χ0n) is 13.8. The quantitative estimate of drug-likeness (QED) is 0.844. The molecule has 6 nitrogen and oxygen atoms in total. The summed E-state index contributed by atoms with van der Waals surface area (Å²) in [5.74, 6) is 2.77. The monoisotopic (exact) mass is 327 g/mol. The fourth-order valence-electron chi connectivity index (χ4n) is 3.23. The van der Waals surface area contributed by atoms with Crippen LogP contribution in [0.5, 0.6) is 5.75 Å². The summed E-state index contributed by atoms with van der Waals surface area (Å²) < 4.78 is 10.6. The predicted molar refractivity (Wildman–Crippen MR) is 86.7 cm³/mol. The Balaban J connectivity index is 1.45. The lowest BCUT2D eigenvalue weighted by atomic mass is 10.1. The molecule has 126 valence electrons. The van der Waals surface area contributed by atoms with Gasteiger partial charge in [0.05, 0.1) is 13.5 Å². The molecular formula is C18H21N3O3. The Kier molecular flexibility index (Phi) is 3.96. The molecule has 2 heterocycles. The van der Waals surface area contributed by atoms with Crippen molar-refractivity contribution in [3.8, 4) is 5.75 Å². The van der Waals surface area contributed by atoms with Gasteiger partial charge in [0.25, 0.3) is 0 Å². The summed E-state index contributed by atoms with van der Waals surface area (Å²) in [7, 11) is 1.63. The maximum atomic E-state index is 12.7. The van der Waals surface area contributed by atoms with Crippen LogP contribution >= 0.6 is 0 Å². The van der Waals surface area contributed by atoms with Crippen LogP contribution in [0.25, 0.3) is 0 Å². The zero-order valence-corrected chi connectivity index (χ0v) is 13.8. The highest BCUT2D eigenvalue weighted by atomic mass is 16.5. The molecule has 1 aliphatic heterocycles. The second-order valence-corrected chi connectivity index (χ2v) is 6.54. The van der Waals surface area contributed by atoms with Gasteiger partial charge < -0.3 is 14.2 Å². The average Bonchev–Trinajstić information content (AvgIpc) is 3.13. The van der Waals surface area contributed by atoms with Crippen molar-refractivity contribution < 1.29 is 14.1 Å². The van der Waals surface area contributed by atoms with Crippen molar-refractivity contribution in [2.24, 2.45) is 0 Å². The summed E-state index contributed by atoms with van der Waals surface area (Å²) in [6, 6.07) is 7.55. The molecule has 1 aromatic heterocycles. The standard InChI is InChI=1S/C18H21N3O3/c1-23-14-8-4-12(5-9-14)11-16(22)21-10-2-3-15(21)18-19-17(20-24-18)13-6-7-13/h4-5,8-9,13,15H,2-3,6-7,10-11H2,1H3. The maximum absolute atomic E-state index is 12.7. The number of likely N-dealkylation sites (tertiary alicyclic amines) is 1. The Bertz CT molecular complexity index is 721. The van der Waals surface area contributed by atoms with Crippen LogP contribution in [0.15, 0.2) is 28.8 Å². The van der Waals surface area contributed by atoms with E-state index in [1.165, 1.54) is 0 Å². The van der Waals surface area contributed by atoms with Crippen LogP contribution in [0.1, 0.15) is 54.9 Å². The fraction of sp³-hybridized carbons (Fsp3) is 0.500. The topological polar surface area (TPSA) is 68.5 Å². The third-order valence-corrected chi connectivity index (χ3v) is 4.77. The molecule has 1 unspecified atom stereocenters. The van der Waals surface area contributed by atoms with Crippen molar-refractivity contribution in [1.29, 1.82) is 0 Å². The largest absolute Gasteiger partial charge is 0.497 e. The van der Waals surface area contributed by atoms with Gasteiger partial charge in [-0.3, -0.25) is 4.79 Å². The summed E-state index contributed by atoms with van der Waals surface area (Å²) >= 11 is 0. The Morgan fingerprint density at radius 2 is 2.08 bits per heavy atom. The van der Waals surface area contributed by atoms with E-state index < -0.39 is 0 Å². The van der Waals surface area contributed by atoms with E-state index in [4.69, 9.17) is 9.26 Å². The lowest BCUT2D eigenvalue weighted by Crippen LogP contribution is -2.32. The number of rotatable bonds is 5. The molecule has 1 saturated carbocycles. The molecule has 4 rings (SSSR count). The van der Waals surface area contributed by atoms with Gasteiger partial charge in [-0.15, -0.1) is 0 Å². The molecule has 1 amide bonds. The SMILES string of the molecule is COc1ccc(CC(=O)N2CCCC2c2nc(C3CC3)no2)cc1. The second-order valence-electron chi connectivity index (χ2n) is 6.54. The van der Waals surface area contributed by atoms with Crippen LogP contribution in [0.3, 0.4) is 0 Å². The van der Waals surface area contributed by atoms with E-state index in [-0.39, 0.29) is 11.9 Å². The number of carbonyl (C=O) groups is 1. The van der Waals surface area contributed by atoms with E-state index in [9.17, 15) is 4.79 Å². The first-order chi connectivity index (χ1) is 11.7. The lowest BCUT2D eigenvalue weighted by Gasteiger charge is -2.22. The number of hydrogen-bond acceptors (Lipinski definition) is 5. The highest BCUT2D eigenvalue weighted by Crippen LogP contribution is 2.39. The number of benzene rings is 1. The van der Waals surface area contributed by atoms with Crippen molar-refractivity contribution in [3.63, 3.8) is 0 Å². The molecule has 2 aromatic rings. The van der Waals surface area contributed by atoms with E-state index >= 15 is 0 Å². The van der Waals surface area contributed by atoms with Gasteiger partial charge in [-0.2, -0.15) is 4.98 Å². The minimum Gasteiger partial charge on any atom is -0.497 e. The molecule has 1 aromatic carbocycles. The Hall–Kier alpha value is -2.37. The minimum absolute atomic E-state index is 0.0734. The minimum atomic E-state index is -0.0734. The molecule has 6 heteroatoms. The van der Waals surface area contributed by atoms with Gasteiger partial charge in [0.2, 0.25) is 11.8 Å². The molecule has 0 radical (unpaired) electrons. The van der Waals surface area contributed by atoms with Gasteiger partial charge in [-0.25, -0.2) is 0 Å². The zero-order chi connectivity index (χ0) is 16.5. The van der Waals surface area contributed by atoms with Crippen molar-refractivity contribution in [2.75, 3.05) is 13.7 Å². The number of carbonyl (C=O) groups excluding carboxylic acids is 1. The van der Waals surface area contributed by atoms with Crippen LogP contribution in [0.4, 0.5) is 0 Å². The molecule has 0 N–H and O–H groups in total. The highest BCUT2D eigenvalue weighted by molar-refractivity contribution is 5.79. The molecule has 1 saturated heterocycles. The Morgan fingerprint density at radius 3 is 2.79 bits per heavy atom. The van der Waals surface area contributed by atoms with Crippen molar-refractivity contribution >= 4 is 5.91 Å². The number of aromatic nitrogens is 2. The molecule has 1 atom stereocenters. The van der Waals surface area contributed by atoms with Crippen LogP contribution in [-0.4, -0.2) is 34.6 Å². The number of methoxy groups -OCH3 is 1. The van der Waals surface area contributed by atoms with Crippen molar-refractivity contribution in [3.05, 3.63) is 41.5 Å². The fourth-order valence-corrected chi connectivity index (χ4v) is 3.23. The number of nitrogens with zero attached hydrogens (tertiary/aromatic N) is 3. The van der Waals surface area contributed by atoms with Crippen LogP contribution < -0.4 is 4.74 Å². The summed E-state index contributed by atoms with van der Waals surface area (Å²) in [6.45, 7) is 0.751. The van der Waals surface area contributed by atoms with E-state index in [0.717, 1.165) is 49.4 Å². The average molecular weight is 327 g/mol. The molecule has 24 heavy (non-hydrogen) atoms. The molecule has 0 bridgehead atoms. The number of hydrogen-bond donors (Lipinski definition) is 0. The maximum Gasteiger partial charge on any atom is 0.249 e. The van der Waals surface area contributed by atoms with Crippen LogP contribution in [-0.2, 0) is 11.2 Å². The Labute approximate surface area is 140 Å². The van der Waals surface area contributed by atoms with Crippen LogP contribution in [0.2, 0.25) is 0 Å². The summed E-state index contributed by atoms with van der Waals surface area (Å²) in [5, 5.41) is 4.08. The lowest BCUT2D eigenvalue weighted by molar-refractivity contribution is -0.131. The first-order valence-corrected chi connectivity index (χ1v) is 8.50. The predicted octanol–water partition coefficient (Wildman–Crippen LogP) is 2.86. The first kappa shape index (κ1) is 15.2. The van der Waals surface area contributed by atoms with Crippen LogP contribution in [0, 0.1) is 0 Å². The summed E-state index contributed by atoms with van der Waals surface area (Å²) in [5.41, 5.74) is 0.982. The van der Waals surface area contributed by atoms with Crippen molar-refractivity contribution in [2.45, 2.75) is 44.1 Å². The molecule has 2 aliphatic rings. The van der Waals surface area contributed by atoms with E-state index in [0.29, 0.717) is 18.2 Å². The van der Waals surface area contributed by atoms with Gasteiger partial charge in [0, 0.05) is 12.5 Å². The van der Waals surface area contributed by atoms with Gasteiger partial charge in [0.15, 0.2) is 5.82 Å². The Morgan fingerprint density at radius 1 is 1.29 bits per heavy atom. The molecule has 1 aliphatic carbocycles. The van der Waals surface area contributed by atoms with E-state index in [2.05, 4.69) is 10.1 Å². The molecular weight excluding hydrogens is 306 g/mol. The van der Waals surface area contributed by atoms with E-state index in [1.807, 2.05) is 29.2 Å². The highest BCUT2D eigenvalue weighted by Gasteiger charge is 2.36. The second kappa shape index (κ2) is 6.26. The van der Waals surface area contributed by atoms with Crippen molar-refractivity contribution in [1.82, 2.24) is 15.0 Å². The van der Waals surface area contributed by atoms with Gasteiger partial charge in [0.1, 0.15) is 11.8 Å². The number of ether oxygens (including phenoxy) is 1. The van der Waals surface area contributed by atoms with Gasteiger partial charge >= 0.3 is 0 Å². The first-order valence-electron chi connectivity index (χ1n) is 8.50. The molecule has 0 spiro atoms. The summed E-state index contributed by atoms with van der Waals surface area (Å²) in [6.07, 6.45) is 4.53. The summed E-state index contributed by atoms with van der Waals surface area (Å²) in [4.78, 5) is 19.1. The van der Waals surface area contributed by atoms with Gasteiger partial charge in [-0.1, -0.05) is 17.3 Å². The normalized spacial score (nSPS) is 20.4. The van der Waals surface area contributed by atoms with Gasteiger partial charge in [-0.05, 0) is 43.4 Å². The number of amides is 1. The third kappa shape index (κ3) is 3.00. The molecule has 2 fully saturated rings. The smallest absolute Gasteiger partial charge is 0.249 e. The third-order valence-electron chi connectivity index (χ3n) is 4.77. The van der Waals surface area contributed by atoms with E-state index in [1.54, 1.807) is 7.11 Å².